The third kappa shape index (κ3) is 3.74. The van der Waals surface area contributed by atoms with E-state index in [0.717, 1.165) is 38.1 Å². The molecule has 8 unspecified atom stereocenters. The van der Waals surface area contributed by atoms with Gasteiger partial charge in [-0.2, -0.15) is 0 Å². The van der Waals surface area contributed by atoms with E-state index in [9.17, 15) is 24.3 Å². The number of ether oxygens (including phenoxy) is 3. The van der Waals surface area contributed by atoms with Crippen molar-refractivity contribution in [3.05, 3.63) is 32.2 Å². The highest BCUT2D eigenvalue weighted by Crippen LogP contribution is 2.69. The van der Waals surface area contributed by atoms with Crippen LogP contribution in [0.2, 0.25) is 0 Å². The minimum Gasteiger partial charge on any atom is -0.502 e. The lowest BCUT2D eigenvalue weighted by atomic mass is 9.68. The molecular formula is C27H30N2O8S2. The van der Waals surface area contributed by atoms with Gasteiger partial charge in [-0.1, -0.05) is 11.3 Å². The van der Waals surface area contributed by atoms with Crippen LogP contribution in [0.1, 0.15) is 43.6 Å². The van der Waals surface area contributed by atoms with Crippen molar-refractivity contribution in [1.82, 2.24) is 9.88 Å². The highest BCUT2D eigenvalue weighted by molar-refractivity contribution is 8.00. The van der Waals surface area contributed by atoms with Crippen LogP contribution >= 0.6 is 23.1 Å². The fourth-order valence-corrected chi connectivity index (χ4v) is 10.2. The van der Waals surface area contributed by atoms with Gasteiger partial charge in [0.2, 0.25) is 17.6 Å². The molecule has 2 bridgehead atoms. The number of rotatable bonds is 6. The number of likely N-dealkylation sites (tertiary alicyclic amines) is 1. The average molecular weight is 575 g/mol. The SMILES string of the molecule is COc1cc(C2c3sc(=O)[nH]c3SC3C4CC(C5C(=O)N(C(C)C(=O)OC(C)C)C(=O)C45)C23)cc(OC)c1O. The molecule has 0 spiro atoms. The zero-order chi connectivity index (χ0) is 27.9. The summed E-state index contributed by atoms with van der Waals surface area (Å²) >= 11 is 2.72. The molecule has 208 valence electrons. The fraction of sp³-hybridized carbons (Fsp3) is 0.556. The lowest BCUT2D eigenvalue weighted by Gasteiger charge is -2.43. The molecule has 8 atom stereocenters. The van der Waals surface area contributed by atoms with Crippen LogP contribution in [0.5, 0.6) is 17.2 Å². The topological polar surface area (TPSA) is 135 Å². The van der Waals surface area contributed by atoms with Crippen molar-refractivity contribution >= 4 is 40.9 Å². The van der Waals surface area contributed by atoms with Gasteiger partial charge in [-0.25, -0.2) is 4.79 Å². The van der Waals surface area contributed by atoms with Gasteiger partial charge >= 0.3 is 10.8 Å². The number of aromatic nitrogens is 1. The van der Waals surface area contributed by atoms with Crippen LogP contribution in [0.4, 0.5) is 0 Å². The van der Waals surface area contributed by atoms with Gasteiger partial charge < -0.3 is 24.3 Å². The summed E-state index contributed by atoms with van der Waals surface area (Å²) < 4.78 is 16.2. The first kappa shape index (κ1) is 26.2. The van der Waals surface area contributed by atoms with Crippen LogP contribution in [0.15, 0.2) is 22.0 Å². The van der Waals surface area contributed by atoms with Crippen molar-refractivity contribution in [3.63, 3.8) is 0 Å². The van der Waals surface area contributed by atoms with E-state index < -0.39 is 23.8 Å². The minimum absolute atomic E-state index is 0.0144. The van der Waals surface area contributed by atoms with Crippen LogP contribution in [0.3, 0.4) is 0 Å². The van der Waals surface area contributed by atoms with Crippen molar-refractivity contribution in [3.8, 4) is 17.2 Å². The second-order valence-corrected chi connectivity index (χ2v) is 13.1. The number of aromatic amines is 1. The van der Waals surface area contributed by atoms with E-state index in [0.29, 0.717) is 0 Å². The Morgan fingerprint density at radius 3 is 2.26 bits per heavy atom. The molecule has 2 aliphatic carbocycles. The molecule has 2 saturated carbocycles. The molecule has 0 radical (unpaired) electrons. The fourth-order valence-electron chi connectivity index (χ4n) is 7.32. The Morgan fingerprint density at radius 2 is 1.67 bits per heavy atom. The number of esters is 1. The van der Waals surface area contributed by atoms with E-state index in [1.807, 2.05) is 0 Å². The van der Waals surface area contributed by atoms with Gasteiger partial charge in [0.25, 0.3) is 0 Å². The number of methoxy groups -OCH3 is 2. The number of benzene rings is 1. The first-order chi connectivity index (χ1) is 18.6. The van der Waals surface area contributed by atoms with Gasteiger partial charge in [0.05, 0.1) is 37.2 Å². The number of nitrogens with one attached hydrogen (secondary N) is 1. The maximum atomic E-state index is 13.8. The molecule has 4 aliphatic rings. The zero-order valence-electron chi connectivity index (χ0n) is 22.1. The molecular weight excluding hydrogens is 544 g/mol. The molecule has 2 N–H and O–H groups in total. The number of phenolic OH excluding ortho intramolecular Hbond substituents is 1. The number of nitrogens with zero attached hydrogens (tertiary/aromatic N) is 1. The highest BCUT2D eigenvalue weighted by atomic mass is 32.2. The summed E-state index contributed by atoms with van der Waals surface area (Å²) in [6.07, 6.45) is 0.361. The molecule has 1 saturated heterocycles. The normalized spacial score (nSPS) is 31.2. The minimum atomic E-state index is -0.994. The Hall–Kier alpha value is -2.99. The number of amides is 2. The number of hydrogen-bond donors (Lipinski definition) is 2. The monoisotopic (exact) mass is 574 g/mol. The van der Waals surface area contributed by atoms with Gasteiger partial charge in [-0.3, -0.25) is 19.3 Å². The Morgan fingerprint density at radius 1 is 1.05 bits per heavy atom. The Labute approximate surface area is 233 Å². The van der Waals surface area contributed by atoms with Crippen LogP contribution < -0.4 is 14.3 Å². The van der Waals surface area contributed by atoms with Crippen LogP contribution in [0, 0.1) is 29.6 Å². The number of carbonyl (C=O) groups is 3. The van der Waals surface area contributed by atoms with Crippen LogP contribution in [0.25, 0.3) is 0 Å². The maximum absolute atomic E-state index is 13.8. The highest BCUT2D eigenvalue weighted by Gasteiger charge is 2.70. The molecule has 1 aromatic carbocycles. The maximum Gasteiger partial charge on any atom is 0.329 e. The predicted octanol–water partition coefficient (Wildman–Crippen LogP) is 2.97. The first-order valence-electron chi connectivity index (χ1n) is 13.0. The number of H-pyrrole nitrogens is 1. The van der Waals surface area contributed by atoms with Crippen molar-refractivity contribution in [2.45, 2.75) is 55.5 Å². The molecule has 6 rings (SSSR count). The lowest BCUT2D eigenvalue weighted by molar-refractivity contribution is -0.161. The van der Waals surface area contributed by atoms with Gasteiger partial charge in [0, 0.05) is 16.0 Å². The summed E-state index contributed by atoms with van der Waals surface area (Å²) in [5.41, 5.74) is 0.805. The van der Waals surface area contributed by atoms with E-state index in [1.165, 1.54) is 14.2 Å². The molecule has 1 aromatic heterocycles. The molecule has 2 aromatic rings. The van der Waals surface area contributed by atoms with Crippen molar-refractivity contribution in [2.24, 2.45) is 29.6 Å². The number of thioether (sulfide) groups is 1. The third-order valence-electron chi connectivity index (χ3n) is 8.70. The Bertz CT molecular complexity index is 1410. The summed E-state index contributed by atoms with van der Waals surface area (Å²) in [6.45, 7) is 5.00. The number of imide groups is 1. The van der Waals surface area contributed by atoms with E-state index in [1.54, 1.807) is 44.7 Å². The number of hydrogen-bond acceptors (Lipinski definition) is 10. The Kier molecular flexibility index (Phi) is 6.25. The second-order valence-electron chi connectivity index (χ2n) is 10.9. The van der Waals surface area contributed by atoms with Crippen LogP contribution in [-0.2, 0) is 19.1 Å². The summed E-state index contributed by atoms with van der Waals surface area (Å²) in [4.78, 5) is 57.4. The number of fused-ring (bicyclic) bond motifs is 9. The smallest absolute Gasteiger partial charge is 0.329 e. The molecule has 2 amide bonds. The van der Waals surface area contributed by atoms with E-state index in [-0.39, 0.29) is 69.0 Å². The van der Waals surface area contributed by atoms with E-state index in [4.69, 9.17) is 14.2 Å². The van der Waals surface area contributed by atoms with Gasteiger partial charge in [0.15, 0.2) is 11.5 Å². The molecule has 39 heavy (non-hydrogen) atoms. The second kappa shape index (κ2) is 9.29. The van der Waals surface area contributed by atoms with Gasteiger partial charge in [-0.15, -0.1) is 11.8 Å². The van der Waals surface area contributed by atoms with Gasteiger partial charge in [-0.05, 0) is 62.6 Å². The summed E-state index contributed by atoms with van der Waals surface area (Å²) in [7, 11) is 2.92. The summed E-state index contributed by atoms with van der Waals surface area (Å²) in [5, 5.41) is 11.3. The van der Waals surface area contributed by atoms with Crippen molar-refractivity contribution in [1.29, 1.82) is 0 Å². The van der Waals surface area contributed by atoms with Gasteiger partial charge in [0.1, 0.15) is 6.04 Å². The quantitative estimate of drug-likeness (QED) is 0.394. The van der Waals surface area contributed by atoms with E-state index >= 15 is 0 Å². The molecule has 3 heterocycles. The molecule has 12 heteroatoms. The van der Waals surface area contributed by atoms with Crippen LogP contribution in [-0.4, -0.2) is 64.4 Å². The molecule has 3 fully saturated rings. The first-order valence-corrected chi connectivity index (χ1v) is 14.7. The van der Waals surface area contributed by atoms with Crippen molar-refractivity contribution in [2.75, 3.05) is 14.2 Å². The third-order valence-corrected chi connectivity index (χ3v) is 11.3. The number of aromatic hydroxyl groups is 1. The molecule has 2 aliphatic heterocycles. The average Bonchev–Trinajstić information content (AvgIpc) is 3.62. The van der Waals surface area contributed by atoms with E-state index in [2.05, 4.69) is 4.98 Å². The largest absolute Gasteiger partial charge is 0.502 e. The number of phenols is 1. The lowest BCUT2D eigenvalue weighted by Crippen LogP contribution is -2.45. The predicted molar refractivity (Wildman–Crippen MR) is 142 cm³/mol. The standard InChI is InChI=1S/C27H30N2O8S2/c1-9(2)37-26(33)10(3)29-24(31)18-12-8-13(19(18)25(29)32)21-17(12)16(22-23(38-21)28-27(34)39-22)11-6-14(35-4)20(30)15(7-11)36-5/h6-7,9-10,12-13,16-19,21,30H,8H2,1-5H3,(H,28,34). The summed E-state index contributed by atoms with van der Waals surface area (Å²) in [6, 6.07) is 2.52. The van der Waals surface area contributed by atoms with Crippen molar-refractivity contribution < 1.29 is 33.7 Å². The summed E-state index contributed by atoms with van der Waals surface area (Å²) in [5.74, 6) is -2.37. The zero-order valence-corrected chi connectivity index (χ0v) is 23.8. The molecule has 10 nitrogen and oxygen atoms in total. The number of carbonyl (C=O) groups excluding carboxylic acids is 3. The number of thiazole rings is 1. The Balaban J connectivity index is 1.42.